The zero-order chi connectivity index (χ0) is 18.8. The van der Waals surface area contributed by atoms with Gasteiger partial charge in [0.2, 0.25) is 11.9 Å². The molecule has 1 amide bonds. The normalized spacial score (nSPS) is 11.3. The summed E-state index contributed by atoms with van der Waals surface area (Å²) >= 11 is 0. The molecule has 0 saturated heterocycles. The summed E-state index contributed by atoms with van der Waals surface area (Å²) in [5.74, 6) is -1.18. The minimum atomic E-state index is -0.610. The zero-order valence-electron chi connectivity index (χ0n) is 14.6. The maximum Gasteiger partial charge on any atom is 0.278 e. The lowest BCUT2D eigenvalue weighted by atomic mass is 10.1. The van der Waals surface area contributed by atoms with Gasteiger partial charge in [0.05, 0.1) is 23.5 Å². The van der Waals surface area contributed by atoms with E-state index < -0.39 is 17.3 Å². The summed E-state index contributed by atoms with van der Waals surface area (Å²) in [5, 5.41) is 11.5. The van der Waals surface area contributed by atoms with Crippen molar-refractivity contribution in [3.05, 3.63) is 40.5 Å². The van der Waals surface area contributed by atoms with E-state index in [1.54, 1.807) is 10.9 Å². The number of nitrogens with zero attached hydrogens (tertiary/aromatic N) is 6. The summed E-state index contributed by atoms with van der Waals surface area (Å²) in [6.45, 7) is 6.10. The van der Waals surface area contributed by atoms with Crippen LogP contribution in [0.25, 0.3) is 10.9 Å². The fraction of sp³-hybridized carbons (Fsp3) is 0.375. The molecule has 3 aromatic rings. The van der Waals surface area contributed by atoms with E-state index in [-0.39, 0.29) is 18.4 Å². The van der Waals surface area contributed by atoms with Crippen LogP contribution in [-0.2, 0) is 17.9 Å². The molecule has 0 radical (unpaired) electrons. The molecule has 0 aliphatic carbocycles. The Morgan fingerprint density at radius 3 is 2.58 bits per heavy atom. The van der Waals surface area contributed by atoms with Crippen LogP contribution in [0.1, 0.15) is 32.4 Å². The van der Waals surface area contributed by atoms with Crippen molar-refractivity contribution in [2.45, 2.75) is 39.8 Å². The lowest BCUT2D eigenvalue weighted by Crippen LogP contribution is -2.31. The van der Waals surface area contributed by atoms with E-state index in [0.29, 0.717) is 23.1 Å². The van der Waals surface area contributed by atoms with Gasteiger partial charge in [0.15, 0.2) is 5.82 Å². The summed E-state index contributed by atoms with van der Waals surface area (Å²) in [4.78, 5) is 32.2. The Kier molecular flexibility index (Phi) is 4.74. The third-order valence-corrected chi connectivity index (χ3v) is 3.73. The average molecular weight is 359 g/mol. The first-order chi connectivity index (χ1) is 12.4. The molecule has 0 fully saturated rings. The summed E-state index contributed by atoms with van der Waals surface area (Å²) in [6.07, 6.45) is 3.53. The highest BCUT2D eigenvalue weighted by Crippen LogP contribution is 2.19. The molecule has 0 aliphatic rings. The predicted octanol–water partition coefficient (Wildman–Crippen LogP) is 1.30. The number of hydrogen-bond acceptors (Lipinski definition) is 6. The van der Waals surface area contributed by atoms with E-state index in [0.717, 1.165) is 17.1 Å². The average Bonchev–Trinajstić information content (AvgIpc) is 3.04. The number of carbonyl (C=O) groups excluding carboxylic acids is 1. The van der Waals surface area contributed by atoms with Gasteiger partial charge in [0, 0.05) is 12.7 Å². The molecule has 0 saturated carbocycles. The highest BCUT2D eigenvalue weighted by Gasteiger charge is 2.18. The molecule has 0 atom stereocenters. The minimum Gasteiger partial charge on any atom is -0.293 e. The van der Waals surface area contributed by atoms with Gasteiger partial charge in [-0.3, -0.25) is 19.6 Å². The van der Waals surface area contributed by atoms with Crippen LogP contribution in [0.5, 0.6) is 0 Å². The fourth-order valence-corrected chi connectivity index (χ4v) is 2.46. The molecule has 10 heteroatoms. The largest absolute Gasteiger partial charge is 0.293 e. The number of carbonyl (C=O) groups is 1. The standard InChI is InChI=1S/C16H18FN7O2/c1-4-23-7-11-14(21-23)13(9(2)3)22-24(15(11)26)8-12(25)20-16-18-5-10(17)6-19-16/h5-7,9H,4,8H2,1-3H3,(H,18,19,20,25). The van der Waals surface area contributed by atoms with Gasteiger partial charge in [-0.05, 0) is 12.8 Å². The second kappa shape index (κ2) is 6.98. The summed E-state index contributed by atoms with van der Waals surface area (Å²) in [5.41, 5.74) is 0.780. The van der Waals surface area contributed by atoms with E-state index in [2.05, 4.69) is 25.5 Å². The van der Waals surface area contributed by atoms with Crippen LogP contribution < -0.4 is 10.9 Å². The molecule has 26 heavy (non-hydrogen) atoms. The highest BCUT2D eigenvalue weighted by atomic mass is 19.1. The Hall–Kier alpha value is -3.17. The SMILES string of the molecule is CCn1cc2c(=O)n(CC(=O)Nc3ncc(F)cn3)nc(C(C)C)c2n1. The van der Waals surface area contributed by atoms with Crippen LogP contribution >= 0.6 is 0 Å². The molecule has 0 bridgehead atoms. The third kappa shape index (κ3) is 3.44. The Labute approximate surface area is 147 Å². The van der Waals surface area contributed by atoms with Gasteiger partial charge in [0.1, 0.15) is 12.1 Å². The number of anilines is 1. The molecule has 9 nitrogen and oxygen atoms in total. The number of halogens is 1. The Morgan fingerprint density at radius 1 is 1.27 bits per heavy atom. The van der Waals surface area contributed by atoms with Crippen molar-refractivity contribution >= 4 is 22.8 Å². The number of rotatable bonds is 5. The molecular formula is C16H18FN7O2. The van der Waals surface area contributed by atoms with Crippen molar-refractivity contribution in [1.29, 1.82) is 0 Å². The lowest BCUT2D eigenvalue weighted by molar-refractivity contribution is -0.117. The lowest BCUT2D eigenvalue weighted by Gasteiger charge is -2.10. The van der Waals surface area contributed by atoms with Crippen LogP contribution in [0, 0.1) is 5.82 Å². The molecule has 3 aromatic heterocycles. The first-order valence-electron chi connectivity index (χ1n) is 8.14. The number of aromatic nitrogens is 6. The molecule has 1 N–H and O–H groups in total. The Balaban J connectivity index is 1.94. The second-order valence-electron chi connectivity index (χ2n) is 6.02. The molecular weight excluding hydrogens is 341 g/mol. The fourth-order valence-electron chi connectivity index (χ4n) is 2.46. The summed E-state index contributed by atoms with van der Waals surface area (Å²) in [6, 6.07) is 0. The van der Waals surface area contributed by atoms with Crippen LogP contribution in [-0.4, -0.2) is 35.4 Å². The molecule has 0 unspecified atom stereocenters. The smallest absolute Gasteiger partial charge is 0.278 e. The van der Waals surface area contributed by atoms with E-state index >= 15 is 0 Å². The highest BCUT2D eigenvalue weighted by molar-refractivity contribution is 5.89. The minimum absolute atomic E-state index is 0.0213. The number of amides is 1. The van der Waals surface area contributed by atoms with Crippen LogP contribution in [0.2, 0.25) is 0 Å². The first-order valence-corrected chi connectivity index (χ1v) is 8.14. The van der Waals surface area contributed by atoms with E-state index in [4.69, 9.17) is 0 Å². The van der Waals surface area contributed by atoms with Crippen molar-refractivity contribution < 1.29 is 9.18 Å². The van der Waals surface area contributed by atoms with Gasteiger partial charge in [-0.25, -0.2) is 19.0 Å². The van der Waals surface area contributed by atoms with Crippen molar-refractivity contribution in [1.82, 2.24) is 29.5 Å². The van der Waals surface area contributed by atoms with Crippen LogP contribution in [0.3, 0.4) is 0 Å². The van der Waals surface area contributed by atoms with Gasteiger partial charge in [-0.15, -0.1) is 0 Å². The monoisotopic (exact) mass is 359 g/mol. The van der Waals surface area contributed by atoms with Crippen LogP contribution in [0.4, 0.5) is 10.3 Å². The second-order valence-corrected chi connectivity index (χ2v) is 6.02. The van der Waals surface area contributed by atoms with Gasteiger partial charge < -0.3 is 0 Å². The molecule has 3 heterocycles. The molecule has 0 aliphatic heterocycles. The number of nitrogens with one attached hydrogen (secondary N) is 1. The van der Waals surface area contributed by atoms with Crippen molar-refractivity contribution in [2.24, 2.45) is 0 Å². The number of aryl methyl sites for hydroxylation is 1. The molecule has 0 spiro atoms. The predicted molar refractivity (Wildman–Crippen MR) is 92.2 cm³/mol. The maximum atomic E-state index is 12.8. The number of fused-ring (bicyclic) bond motifs is 1. The Bertz CT molecular complexity index is 1010. The van der Waals surface area contributed by atoms with Gasteiger partial charge in [-0.1, -0.05) is 13.8 Å². The number of hydrogen-bond donors (Lipinski definition) is 1. The molecule has 3 rings (SSSR count). The van der Waals surface area contributed by atoms with Crippen LogP contribution in [0.15, 0.2) is 23.4 Å². The van der Waals surface area contributed by atoms with Gasteiger partial charge in [-0.2, -0.15) is 10.2 Å². The van der Waals surface area contributed by atoms with E-state index in [1.165, 1.54) is 0 Å². The molecule has 0 aromatic carbocycles. The van der Waals surface area contributed by atoms with Gasteiger partial charge in [0.25, 0.3) is 5.56 Å². The maximum absolute atomic E-state index is 12.8. The third-order valence-electron chi connectivity index (χ3n) is 3.73. The van der Waals surface area contributed by atoms with Gasteiger partial charge >= 0.3 is 0 Å². The quantitative estimate of drug-likeness (QED) is 0.736. The van der Waals surface area contributed by atoms with E-state index in [1.807, 2.05) is 20.8 Å². The zero-order valence-corrected chi connectivity index (χ0v) is 14.6. The Morgan fingerprint density at radius 2 is 1.96 bits per heavy atom. The van der Waals surface area contributed by atoms with Crippen molar-refractivity contribution in [3.63, 3.8) is 0 Å². The topological polar surface area (TPSA) is 108 Å². The van der Waals surface area contributed by atoms with Crippen molar-refractivity contribution in [2.75, 3.05) is 5.32 Å². The molecule has 136 valence electrons. The summed E-state index contributed by atoms with van der Waals surface area (Å²) < 4.78 is 15.6. The van der Waals surface area contributed by atoms with Crippen molar-refractivity contribution in [3.8, 4) is 0 Å². The summed E-state index contributed by atoms with van der Waals surface area (Å²) in [7, 11) is 0. The van der Waals surface area contributed by atoms with E-state index in [9.17, 15) is 14.0 Å². The first kappa shape index (κ1) is 17.6.